The van der Waals surface area contributed by atoms with Crippen molar-refractivity contribution in [2.24, 2.45) is 0 Å². The van der Waals surface area contributed by atoms with Gasteiger partial charge in [0.15, 0.2) is 0 Å². The molecule has 1 fully saturated rings. The van der Waals surface area contributed by atoms with Crippen LogP contribution in [0, 0.1) is 5.82 Å². The minimum atomic E-state index is -0.344. The number of benzene rings is 2. The number of nitrogens with zero attached hydrogens (tertiary/aromatic N) is 4. The van der Waals surface area contributed by atoms with E-state index in [9.17, 15) is 4.39 Å². The molecule has 200 valence electrons. The fourth-order valence-corrected chi connectivity index (χ4v) is 5.52. The fourth-order valence-electron chi connectivity index (χ4n) is 5.52. The minimum absolute atomic E-state index is 0.344. The van der Waals surface area contributed by atoms with Crippen LogP contribution in [0.5, 0.6) is 5.75 Å². The SMILES string of the molecule is Nc1cncc(-c2ccc3[nH]nc(-c4cc5c(-c6cc(F)cc(OCCN7CCCC7)c6)cncc5[nH]4)c3c2)c1. The molecule has 6 aromatic rings. The number of nitrogens with two attached hydrogens (primary N) is 1. The molecule has 7 rings (SSSR count). The molecule has 0 bridgehead atoms. The van der Waals surface area contributed by atoms with E-state index in [1.807, 2.05) is 30.3 Å². The standard InChI is InChI=1S/C31H28FN7O/c32-22-9-20(11-24(13-22)40-8-7-39-5-1-2-6-39)27-17-35-18-30-25(27)14-29(36-30)31-26-12-19(3-4-28(26)37-38-31)21-10-23(33)16-34-15-21/h3-4,9-18,36H,1-2,5-8,33H2,(H,37,38). The van der Waals surface area contributed by atoms with Gasteiger partial charge in [0.25, 0.3) is 0 Å². The molecule has 0 radical (unpaired) electrons. The van der Waals surface area contributed by atoms with E-state index >= 15 is 0 Å². The molecule has 0 atom stereocenters. The second-order valence-electron chi connectivity index (χ2n) is 10.2. The Bertz CT molecular complexity index is 1840. The number of aromatic amines is 2. The summed E-state index contributed by atoms with van der Waals surface area (Å²) in [5, 5.41) is 9.62. The van der Waals surface area contributed by atoms with Crippen molar-refractivity contribution in [3.05, 3.63) is 79.1 Å². The van der Waals surface area contributed by atoms with E-state index in [1.165, 1.54) is 25.0 Å². The first kappa shape index (κ1) is 24.3. The predicted molar refractivity (Wildman–Crippen MR) is 155 cm³/mol. The number of H-pyrrole nitrogens is 2. The summed E-state index contributed by atoms with van der Waals surface area (Å²) >= 11 is 0. The molecule has 40 heavy (non-hydrogen) atoms. The van der Waals surface area contributed by atoms with Gasteiger partial charge in [-0.3, -0.25) is 20.0 Å². The number of hydrogen-bond donors (Lipinski definition) is 3. The number of hydrogen-bond acceptors (Lipinski definition) is 6. The first-order valence-corrected chi connectivity index (χ1v) is 13.4. The Morgan fingerprint density at radius 1 is 0.850 bits per heavy atom. The number of fused-ring (bicyclic) bond motifs is 2. The lowest BCUT2D eigenvalue weighted by molar-refractivity contribution is 0.237. The van der Waals surface area contributed by atoms with Crippen molar-refractivity contribution in [2.75, 3.05) is 32.0 Å². The number of anilines is 1. The molecule has 0 saturated carbocycles. The van der Waals surface area contributed by atoms with Crippen LogP contribution in [0.25, 0.3) is 55.4 Å². The molecule has 0 aliphatic carbocycles. The van der Waals surface area contributed by atoms with Crippen molar-refractivity contribution in [1.29, 1.82) is 0 Å². The van der Waals surface area contributed by atoms with Gasteiger partial charge in [0.05, 0.1) is 28.6 Å². The van der Waals surface area contributed by atoms with E-state index in [0.29, 0.717) is 23.6 Å². The molecule has 0 amide bonds. The highest BCUT2D eigenvalue weighted by atomic mass is 19.1. The minimum Gasteiger partial charge on any atom is -0.492 e. The number of ether oxygens (including phenoxy) is 1. The Kier molecular flexibility index (Phi) is 6.13. The normalized spacial score (nSPS) is 13.9. The molecule has 1 aliphatic heterocycles. The van der Waals surface area contributed by atoms with Crippen LogP contribution in [0.2, 0.25) is 0 Å². The van der Waals surface area contributed by atoms with Gasteiger partial charge in [0, 0.05) is 53.1 Å². The summed E-state index contributed by atoms with van der Waals surface area (Å²) < 4.78 is 20.7. The second kappa shape index (κ2) is 10.1. The van der Waals surface area contributed by atoms with Crippen molar-refractivity contribution in [2.45, 2.75) is 12.8 Å². The summed E-state index contributed by atoms with van der Waals surface area (Å²) in [4.78, 5) is 14.5. The third kappa shape index (κ3) is 4.65. The maximum absolute atomic E-state index is 14.7. The summed E-state index contributed by atoms with van der Waals surface area (Å²) in [6.07, 6.45) is 9.42. The molecule has 5 heterocycles. The smallest absolute Gasteiger partial charge is 0.127 e. The van der Waals surface area contributed by atoms with Crippen molar-refractivity contribution >= 4 is 27.5 Å². The van der Waals surface area contributed by atoms with E-state index in [-0.39, 0.29) is 5.82 Å². The summed E-state index contributed by atoms with van der Waals surface area (Å²) in [7, 11) is 0. The maximum atomic E-state index is 14.7. The lowest BCUT2D eigenvalue weighted by Crippen LogP contribution is -2.25. The molecule has 2 aromatic carbocycles. The van der Waals surface area contributed by atoms with E-state index in [4.69, 9.17) is 10.5 Å². The molecule has 4 N–H and O–H groups in total. The number of rotatable bonds is 7. The van der Waals surface area contributed by atoms with Gasteiger partial charge in [-0.25, -0.2) is 4.39 Å². The zero-order chi connectivity index (χ0) is 27.1. The van der Waals surface area contributed by atoms with Gasteiger partial charge in [0.2, 0.25) is 0 Å². The average Bonchev–Trinajstić information content (AvgIpc) is 3.72. The van der Waals surface area contributed by atoms with Crippen molar-refractivity contribution < 1.29 is 9.13 Å². The zero-order valence-electron chi connectivity index (χ0n) is 21.8. The molecule has 4 aromatic heterocycles. The first-order chi connectivity index (χ1) is 19.6. The maximum Gasteiger partial charge on any atom is 0.127 e. The predicted octanol–water partition coefficient (Wildman–Crippen LogP) is 6.03. The molecular formula is C31H28FN7O. The lowest BCUT2D eigenvalue weighted by Gasteiger charge is -2.15. The van der Waals surface area contributed by atoms with Gasteiger partial charge in [-0.05, 0) is 73.5 Å². The molecule has 1 aliphatic rings. The van der Waals surface area contributed by atoms with Crippen LogP contribution < -0.4 is 10.5 Å². The molecule has 8 nitrogen and oxygen atoms in total. The van der Waals surface area contributed by atoms with Gasteiger partial charge in [-0.15, -0.1) is 0 Å². The van der Waals surface area contributed by atoms with Gasteiger partial charge in [-0.2, -0.15) is 5.10 Å². The largest absolute Gasteiger partial charge is 0.492 e. The van der Waals surface area contributed by atoms with Crippen LogP contribution in [0.3, 0.4) is 0 Å². The molecule has 9 heteroatoms. The number of likely N-dealkylation sites (tertiary alicyclic amines) is 1. The van der Waals surface area contributed by atoms with E-state index in [0.717, 1.165) is 69.5 Å². The number of aromatic nitrogens is 5. The summed E-state index contributed by atoms with van der Waals surface area (Å²) in [6, 6.07) is 14.9. The highest BCUT2D eigenvalue weighted by Crippen LogP contribution is 2.36. The molecular weight excluding hydrogens is 505 g/mol. The third-order valence-corrected chi connectivity index (χ3v) is 7.51. The Labute approximate surface area is 230 Å². The van der Waals surface area contributed by atoms with Crippen LogP contribution in [0.15, 0.2) is 73.3 Å². The van der Waals surface area contributed by atoms with E-state index < -0.39 is 0 Å². The summed E-state index contributed by atoms with van der Waals surface area (Å²) in [5.74, 6) is 0.173. The van der Waals surface area contributed by atoms with Crippen molar-refractivity contribution in [1.82, 2.24) is 30.0 Å². The van der Waals surface area contributed by atoms with Crippen molar-refractivity contribution in [3.8, 4) is 39.4 Å². The second-order valence-corrected chi connectivity index (χ2v) is 10.2. The third-order valence-electron chi connectivity index (χ3n) is 7.51. The fraction of sp³-hybridized carbons (Fsp3) is 0.194. The molecule has 0 spiro atoms. The van der Waals surface area contributed by atoms with Gasteiger partial charge >= 0.3 is 0 Å². The highest BCUT2D eigenvalue weighted by Gasteiger charge is 2.16. The van der Waals surface area contributed by atoms with E-state index in [2.05, 4.69) is 36.1 Å². The van der Waals surface area contributed by atoms with Crippen LogP contribution in [0.4, 0.5) is 10.1 Å². The Hall–Kier alpha value is -4.76. The van der Waals surface area contributed by atoms with Gasteiger partial charge < -0.3 is 15.5 Å². The van der Waals surface area contributed by atoms with Crippen LogP contribution in [-0.4, -0.2) is 56.3 Å². The Morgan fingerprint density at radius 3 is 2.60 bits per heavy atom. The van der Waals surface area contributed by atoms with Crippen molar-refractivity contribution in [3.63, 3.8) is 0 Å². The lowest BCUT2D eigenvalue weighted by atomic mass is 10.0. The van der Waals surface area contributed by atoms with Crippen LogP contribution >= 0.6 is 0 Å². The average molecular weight is 534 g/mol. The monoisotopic (exact) mass is 533 g/mol. The summed E-state index contributed by atoms with van der Waals surface area (Å²) in [6.45, 7) is 3.58. The number of pyridine rings is 2. The first-order valence-electron chi connectivity index (χ1n) is 13.4. The number of nitrogens with one attached hydrogen (secondary N) is 2. The number of halogens is 1. The quantitative estimate of drug-likeness (QED) is 0.231. The topological polar surface area (TPSA) is 109 Å². The van der Waals surface area contributed by atoms with Gasteiger partial charge in [-0.1, -0.05) is 6.07 Å². The highest BCUT2D eigenvalue weighted by molar-refractivity contribution is 6.01. The summed E-state index contributed by atoms with van der Waals surface area (Å²) in [5.41, 5.74) is 13.4. The molecule has 0 unspecified atom stereocenters. The number of nitrogen functional groups attached to an aromatic ring is 1. The molecule has 1 saturated heterocycles. The Morgan fingerprint density at radius 2 is 1.73 bits per heavy atom. The van der Waals surface area contributed by atoms with Crippen LogP contribution in [0.1, 0.15) is 12.8 Å². The van der Waals surface area contributed by atoms with Gasteiger partial charge in [0.1, 0.15) is 23.9 Å². The van der Waals surface area contributed by atoms with E-state index in [1.54, 1.807) is 24.8 Å². The zero-order valence-corrected chi connectivity index (χ0v) is 21.8. The van der Waals surface area contributed by atoms with Crippen LogP contribution in [-0.2, 0) is 0 Å². The Balaban J connectivity index is 1.23.